The molecule has 19 heavy (non-hydrogen) atoms. The lowest BCUT2D eigenvalue weighted by Crippen LogP contribution is -2.31. The Bertz CT molecular complexity index is 695. The number of aliphatic carboxylic acids is 1. The number of Topliss-reactive ketones (excluding diaryl/α,β-unsaturated/α-hetero) is 1. The van der Waals surface area contributed by atoms with Crippen molar-refractivity contribution in [1.29, 1.82) is 0 Å². The molecule has 0 radical (unpaired) electrons. The van der Waals surface area contributed by atoms with Gasteiger partial charge in [0.1, 0.15) is 0 Å². The molecular formula is C15H11NO3. The molecule has 0 saturated carbocycles. The van der Waals surface area contributed by atoms with Crippen LogP contribution in [0, 0.1) is 12.8 Å². The van der Waals surface area contributed by atoms with Crippen LogP contribution >= 0.6 is 0 Å². The molecule has 4 heteroatoms. The van der Waals surface area contributed by atoms with E-state index in [1.54, 1.807) is 18.2 Å². The quantitative estimate of drug-likeness (QED) is 0.836. The van der Waals surface area contributed by atoms with E-state index >= 15 is 0 Å². The molecule has 0 aromatic heterocycles. The average Bonchev–Trinajstić information content (AvgIpc) is 2.39. The first-order valence-electron chi connectivity index (χ1n) is 5.94. The summed E-state index contributed by atoms with van der Waals surface area (Å²) in [5.74, 6) is -1.73. The second-order valence-electron chi connectivity index (χ2n) is 4.58. The van der Waals surface area contributed by atoms with E-state index in [0.29, 0.717) is 17.0 Å². The number of para-hydroxylation sites is 1. The summed E-state index contributed by atoms with van der Waals surface area (Å²) in [6, 6.07) is 5.41. The molecule has 1 unspecified atom stereocenters. The highest BCUT2D eigenvalue weighted by molar-refractivity contribution is 6.32. The van der Waals surface area contributed by atoms with Crippen LogP contribution < -0.4 is 0 Å². The minimum atomic E-state index is -1.06. The number of hydrogen-bond acceptors (Lipinski definition) is 3. The van der Waals surface area contributed by atoms with E-state index in [1.807, 2.05) is 19.1 Å². The molecule has 94 valence electrons. The zero-order chi connectivity index (χ0) is 13.6. The first-order chi connectivity index (χ1) is 9.09. The molecule has 2 aliphatic rings. The second kappa shape index (κ2) is 4.02. The molecule has 1 aliphatic heterocycles. The Balaban J connectivity index is 2.26. The Morgan fingerprint density at radius 2 is 2.16 bits per heavy atom. The number of aliphatic imine (C=N–C) groups is 1. The van der Waals surface area contributed by atoms with Gasteiger partial charge in [0, 0.05) is 5.56 Å². The molecule has 1 atom stereocenters. The number of nitrogens with zero attached hydrogens (tertiary/aromatic N) is 1. The van der Waals surface area contributed by atoms with Crippen LogP contribution in [-0.2, 0) is 4.79 Å². The molecule has 0 saturated heterocycles. The third-order valence-electron chi connectivity index (χ3n) is 3.39. The largest absolute Gasteiger partial charge is 0.478 e. The number of rotatable bonds is 1. The second-order valence-corrected chi connectivity index (χ2v) is 4.58. The molecule has 1 N–H and O–H groups in total. The molecular weight excluding hydrogens is 242 g/mol. The van der Waals surface area contributed by atoms with Gasteiger partial charge in [0.2, 0.25) is 0 Å². The summed E-state index contributed by atoms with van der Waals surface area (Å²) in [5, 5.41) is 9.19. The van der Waals surface area contributed by atoms with Crippen LogP contribution in [0.4, 0.5) is 5.69 Å². The normalized spacial score (nSPS) is 20.3. The van der Waals surface area contributed by atoms with Gasteiger partial charge in [-0.15, -0.1) is 0 Å². The van der Waals surface area contributed by atoms with Gasteiger partial charge in [-0.05, 0) is 24.6 Å². The molecule has 0 amide bonds. The highest BCUT2D eigenvalue weighted by Crippen LogP contribution is 2.35. The summed E-state index contributed by atoms with van der Waals surface area (Å²) in [5.41, 5.74) is 2.44. The fourth-order valence-corrected chi connectivity index (χ4v) is 2.42. The Labute approximate surface area is 109 Å². The van der Waals surface area contributed by atoms with Gasteiger partial charge in [0.25, 0.3) is 0 Å². The van der Waals surface area contributed by atoms with E-state index in [-0.39, 0.29) is 11.4 Å². The number of aryl methyl sites for hydroxylation is 1. The van der Waals surface area contributed by atoms with E-state index in [4.69, 9.17) is 0 Å². The number of hydrogen-bond donors (Lipinski definition) is 1. The number of carbonyl (C=O) groups excluding carboxylic acids is 1. The molecule has 1 heterocycles. The van der Waals surface area contributed by atoms with Crippen molar-refractivity contribution >= 4 is 23.2 Å². The smallest absolute Gasteiger partial charge is 0.337 e. The number of carboxylic acids is 1. The highest BCUT2D eigenvalue weighted by Gasteiger charge is 2.35. The third-order valence-corrected chi connectivity index (χ3v) is 3.39. The Kier molecular flexibility index (Phi) is 2.45. The zero-order valence-corrected chi connectivity index (χ0v) is 10.3. The molecule has 1 aliphatic carbocycles. The molecule has 0 spiro atoms. The monoisotopic (exact) mass is 253 g/mol. The first-order valence-corrected chi connectivity index (χ1v) is 5.94. The van der Waals surface area contributed by atoms with Crippen LogP contribution in [0.2, 0.25) is 0 Å². The molecule has 0 bridgehead atoms. The predicted octanol–water partition coefficient (Wildman–Crippen LogP) is 2.46. The lowest BCUT2D eigenvalue weighted by molar-refractivity contribution is -0.132. The van der Waals surface area contributed by atoms with Crippen LogP contribution in [0.3, 0.4) is 0 Å². The number of allylic oxidation sites excluding steroid dienone is 3. The third kappa shape index (κ3) is 1.64. The van der Waals surface area contributed by atoms with E-state index in [9.17, 15) is 14.7 Å². The number of ketones is 1. The maximum Gasteiger partial charge on any atom is 0.337 e. The van der Waals surface area contributed by atoms with E-state index in [1.165, 1.54) is 6.08 Å². The lowest BCUT2D eigenvalue weighted by atomic mass is 9.82. The van der Waals surface area contributed by atoms with Crippen molar-refractivity contribution in [3.05, 3.63) is 53.1 Å². The summed E-state index contributed by atoms with van der Waals surface area (Å²) < 4.78 is 0. The number of benzene rings is 1. The Morgan fingerprint density at radius 3 is 2.89 bits per heavy atom. The van der Waals surface area contributed by atoms with E-state index in [0.717, 1.165) is 5.56 Å². The van der Waals surface area contributed by atoms with E-state index < -0.39 is 11.9 Å². The minimum absolute atomic E-state index is 0.0909. The summed E-state index contributed by atoms with van der Waals surface area (Å²) >= 11 is 0. The molecule has 3 rings (SSSR count). The van der Waals surface area contributed by atoms with Gasteiger partial charge in [-0.25, -0.2) is 4.79 Å². The predicted molar refractivity (Wildman–Crippen MR) is 71.0 cm³/mol. The van der Waals surface area contributed by atoms with Gasteiger partial charge < -0.3 is 5.11 Å². The number of fused-ring (bicyclic) bond motifs is 2. The van der Waals surface area contributed by atoms with Gasteiger partial charge in [-0.3, -0.25) is 9.79 Å². The molecule has 1 aromatic carbocycles. The van der Waals surface area contributed by atoms with Crippen LogP contribution in [0.25, 0.3) is 0 Å². The fourth-order valence-electron chi connectivity index (χ4n) is 2.42. The Morgan fingerprint density at radius 1 is 1.37 bits per heavy atom. The van der Waals surface area contributed by atoms with Crippen molar-refractivity contribution in [2.75, 3.05) is 0 Å². The van der Waals surface area contributed by atoms with Crippen LogP contribution in [0.1, 0.15) is 15.9 Å². The van der Waals surface area contributed by atoms with Crippen molar-refractivity contribution in [3.8, 4) is 0 Å². The number of carbonyl (C=O) groups is 2. The molecule has 4 nitrogen and oxygen atoms in total. The van der Waals surface area contributed by atoms with Crippen molar-refractivity contribution in [3.63, 3.8) is 0 Å². The SMILES string of the molecule is Cc1cccc2c1N=C1C(C(=O)O)=CC=CC1C2=O. The van der Waals surface area contributed by atoms with Crippen molar-refractivity contribution in [2.24, 2.45) is 10.9 Å². The van der Waals surface area contributed by atoms with Crippen molar-refractivity contribution < 1.29 is 14.7 Å². The molecule has 1 aromatic rings. The average molecular weight is 253 g/mol. The maximum absolute atomic E-state index is 12.4. The topological polar surface area (TPSA) is 66.7 Å². The summed E-state index contributed by atoms with van der Waals surface area (Å²) in [4.78, 5) is 28.1. The number of carboxylic acid groups (broad SMARTS) is 1. The Hall–Kier alpha value is -2.49. The molecule has 0 fully saturated rings. The van der Waals surface area contributed by atoms with Gasteiger partial charge >= 0.3 is 5.97 Å². The van der Waals surface area contributed by atoms with Crippen molar-refractivity contribution in [2.45, 2.75) is 6.92 Å². The summed E-state index contributed by atoms with van der Waals surface area (Å²) in [6.07, 6.45) is 4.78. The van der Waals surface area contributed by atoms with Crippen LogP contribution in [-0.4, -0.2) is 22.6 Å². The van der Waals surface area contributed by atoms with Gasteiger partial charge in [-0.2, -0.15) is 0 Å². The fraction of sp³-hybridized carbons (Fsp3) is 0.133. The standard InChI is InChI=1S/C15H11NO3/c1-8-4-2-5-9-12(8)16-13-10(14(9)17)6-3-7-11(13)15(18)19/h2-7,10H,1H3,(H,18,19). The summed E-state index contributed by atoms with van der Waals surface area (Å²) in [7, 11) is 0. The van der Waals surface area contributed by atoms with Crippen molar-refractivity contribution in [1.82, 2.24) is 0 Å². The first kappa shape index (κ1) is 11.6. The van der Waals surface area contributed by atoms with Gasteiger partial charge in [0.05, 0.1) is 22.9 Å². The van der Waals surface area contributed by atoms with E-state index in [2.05, 4.69) is 4.99 Å². The van der Waals surface area contributed by atoms with Gasteiger partial charge in [-0.1, -0.05) is 24.3 Å². The lowest BCUT2D eigenvalue weighted by Gasteiger charge is -2.24. The minimum Gasteiger partial charge on any atom is -0.478 e. The van der Waals surface area contributed by atoms with Crippen LogP contribution in [0.5, 0.6) is 0 Å². The maximum atomic E-state index is 12.4. The van der Waals surface area contributed by atoms with Gasteiger partial charge in [0.15, 0.2) is 5.78 Å². The highest BCUT2D eigenvalue weighted by atomic mass is 16.4. The van der Waals surface area contributed by atoms with Crippen LogP contribution in [0.15, 0.2) is 47.0 Å². The zero-order valence-electron chi connectivity index (χ0n) is 10.3. The summed E-state index contributed by atoms with van der Waals surface area (Å²) in [6.45, 7) is 1.86.